The molecule has 28 heavy (non-hydrogen) atoms. The molecule has 1 aromatic rings. The van der Waals surface area contributed by atoms with Crippen molar-refractivity contribution in [3.8, 4) is 0 Å². The molecule has 1 saturated heterocycles. The van der Waals surface area contributed by atoms with Gasteiger partial charge in [-0.3, -0.25) is 4.79 Å². The van der Waals surface area contributed by atoms with Crippen molar-refractivity contribution in [1.82, 2.24) is 35.6 Å². The topological polar surface area (TPSA) is 104 Å². The van der Waals surface area contributed by atoms with Crippen LogP contribution in [0.4, 0.5) is 4.79 Å². The summed E-state index contributed by atoms with van der Waals surface area (Å²) in [4.78, 5) is 26.3. The Labute approximate surface area is 165 Å². The first kappa shape index (κ1) is 19.2. The molecule has 3 amide bonds. The predicted octanol–water partition coefficient (Wildman–Crippen LogP) is 0.719. The highest BCUT2D eigenvalue weighted by Crippen LogP contribution is 2.27. The lowest BCUT2D eigenvalue weighted by atomic mass is 9.95. The van der Waals surface area contributed by atoms with Crippen LogP contribution in [0.5, 0.6) is 0 Å². The molecule has 154 valence electrons. The molecule has 3 N–H and O–H groups in total. The van der Waals surface area contributed by atoms with Gasteiger partial charge in [0.25, 0.3) is 0 Å². The lowest BCUT2D eigenvalue weighted by Gasteiger charge is -2.32. The lowest BCUT2D eigenvalue weighted by Crippen LogP contribution is -2.48. The van der Waals surface area contributed by atoms with Gasteiger partial charge >= 0.3 is 6.03 Å². The molecule has 9 nitrogen and oxygen atoms in total. The van der Waals surface area contributed by atoms with Crippen molar-refractivity contribution in [3.63, 3.8) is 0 Å². The maximum Gasteiger partial charge on any atom is 0.315 e. The average molecular weight is 390 g/mol. The summed E-state index contributed by atoms with van der Waals surface area (Å²) in [5.74, 6) is 2.41. The van der Waals surface area contributed by atoms with Crippen LogP contribution in [0.2, 0.25) is 0 Å². The fraction of sp³-hybridized carbons (Fsp3) is 0.789. The first-order valence-electron chi connectivity index (χ1n) is 10.7. The van der Waals surface area contributed by atoms with E-state index in [1.54, 1.807) is 0 Å². The number of likely N-dealkylation sites (tertiary alicyclic amines) is 1. The molecule has 0 bridgehead atoms. The van der Waals surface area contributed by atoms with Gasteiger partial charge in [0.05, 0.1) is 13.1 Å². The third-order valence-electron chi connectivity index (χ3n) is 6.20. The van der Waals surface area contributed by atoms with Gasteiger partial charge in [0.1, 0.15) is 11.6 Å². The molecular formula is C19H31N7O2. The quantitative estimate of drug-likeness (QED) is 0.704. The number of carbonyl (C=O) groups is 2. The minimum atomic E-state index is -0.223. The van der Waals surface area contributed by atoms with Gasteiger partial charge in [-0.1, -0.05) is 19.3 Å². The summed E-state index contributed by atoms with van der Waals surface area (Å²) in [7, 11) is 0. The maximum absolute atomic E-state index is 12.5. The Balaban J connectivity index is 1.21. The van der Waals surface area contributed by atoms with Crippen LogP contribution >= 0.6 is 0 Å². The van der Waals surface area contributed by atoms with Crippen LogP contribution < -0.4 is 16.0 Å². The summed E-state index contributed by atoms with van der Waals surface area (Å²) in [6.07, 6.45) is 7.46. The van der Waals surface area contributed by atoms with Crippen LogP contribution in [0.25, 0.3) is 0 Å². The van der Waals surface area contributed by atoms with Gasteiger partial charge in [0, 0.05) is 38.1 Å². The molecule has 9 heteroatoms. The summed E-state index contributed by atoms with van der Waals surface area (Å²) in [6, 6.07) is 0.0303. The third-order valence-corrected chi connectivity index (χ3v) is 6.20. The molecule has 3 heterocycles. The number of piperidine rings is 1. The van der Waals surface area contributed by atoms with Gasteiger partial charge < -0.3 is 25.4 Å². The highest BCUT2D eigenvalue weighted by Gasteiger charge is 2.28. The van der Waals surface area contributed by atoms with Crippen molar-refractivity contribution >= 4 is 11.9 Å². The van der Waals surface area contributed by atoms with Crippen LogP contribution in [-0.2, 0) is 17.9 Å². The molecule has 1 aliphatic carbocycles. The van der Waals surface area contributed by atoms with Gasteiger partial charge in [0.2, 0.25) is 5.91 Å². The van der Waals surface area contributed by atoms with E-state index >= 15 is 0 Å². The molecule has 0 atom stereocenters. The summed E-state index contributed by atoms with van der Waals surface area (Å²) in [5, 5.41) is 17.7. The number of carbonyl (C=O) groups excluding carboxylic acids is 2. The number of aromatic nitrogens is 3. The summed E-state index contributed by atoms with van der Waals surface area (Å²) in [6.45, 7) is 4.11. The number of nitrogens with zero attached hydrogens (tertiary/aromatic N) is 4. The summed E-state index contributed by atoms with van der Waals surface area (Å²) >= 11 is 0. The van der Waals surface area contributed by atoms with Gasteiger partial charge in [-0.15, -0.1) is 10.2 Å². The Morgan fingerprint density at radius 3 is 2.61 bits per heavy atom. The van der Waals surface area contributed by atoms with E-state index in [1.807, 2.05) is 4.90 Å². The minimum Gasteiger partial charge on any atom is -0.341 e. The van der Waals surface area contributed by atoms with Crippen LogP contribution in [-0.4, -0.2) is 63.8 Å². The number of amides is 3. The SMILES string of the molecule is O=C(NCC(=O)N1CCC(c2nnc3n2CCNC3)CC1)NC1CCCCC1. The number of nitrogens with one attached hydrogen (secondary N) is 3. The second-order valence-corrected chi connectivity index (χ2v) is 8.12. The van der Waals surface area contributed by atoms with E-state index in [0.29, 0.717) is 19.0 Å². The first-order chi connectivity index (χ1) is 13.7. The Kier molecular flexibility index (Phi) is 6.09. The molecule has 0 unspecified atom stereocenters. The zero-order chi connectivity index (χ0) is 19.3. The summed E-state index contributed by atoms with van der Waals surface area (Å²) < 4.78 is 2.23. The van der Waals surface area contributed by atoms with E-state index in [1.165, 1.54) is 19.3 Å². The van der Waals surface area contributed by atoms with Crippen molar-refractivity contribution in [2.75, 3.05) is 26.2 Å². The van der Waals surface area contributed by atoms with Crippen molar-refractivity contribution in [2.24, 2.45) is 0 Å². The molecule has 3 aliphatic rings. The van der Waals surface area contributed by atoms with E-state index in [9.17, 15) is 9.59 Å². The third kappa shape index (κ3) is 4.45. The van der Waals surface area contributed by atoms with Crippen LogP contribution in [0.1, 0.15) is 62.5 Å². The van der Waals surface area contributed by atoms with Gasteiger partial charge in [-0.2, -0.15) is 0 Å². The largest absolute Gasteiger partial charge is 0.341 e. The number of rotatable bonds is 4. The highest BCUT2D eigenvalue weighted by atomic mass is 16.2. The molecule has 2 aliphatic heterocycles. The second kappa shape index (κ2) is 8.89. The highest BCUT2D eigenvalue weighted by molar-refractivity contribution is 5.84. The Morgan fingerprint density at radius 1 is 1.04 bits per heavy atom. The van der Waals surface area contributed by atoms with E-state index in [4.69, 9.17) is 0 Å². The molecule has 1 aromatic heterocycles. The number of hydrogen-bond acceptors (Lipinski definition) is 5. The Bertz CT molecular complexity index is 690. The van der Waals surface area contributed by atoms with Crippen molar-refractivity contribution in [2.45, 2.75) is 70.0 Å². The van der Waals surface area contributed by atoms with E-state index in [-0.39, 0.29) is 24.5 Å². The summed E-state index contributed by atoms with van der Waals surface area (Å²) in [5.41, 5.74) is 0. The molecule has 2 fully saturated rings. The van der Waals surface area contributed by atoms with Crippen LogP contribution in [0.15, 0.2) is 0 Å². The average Bonchev–Trinajstić information content (AvgIpc) is 3.17. The zero-order valence-corrected chi connectivity index (χ0v) is 16.5. The normalized spacial score (nSPS) is 21.2. The predicted molar refractivity (Wildman–Crippen MR) is 104 cm³/mol. The van der Waals surface area contributed by atoms with E-state index in [2.05, 4.69) is 30.7 Å². The number of urea groups is 1. The standard InChI is InChI=1S/C19H31N7O2/c27-17(13-21-19(28)22-15-4-2-1-3-5-15)25-9-6-14(7-10-25)18-24-23-16-12-20-8-11-26(16)18/h14-15,20H,1-13H2,(H2,21,22,28). The van der Waals surface area contributed by atoms with Crippen LogP contribution in [0, 0.1) is 0 Å². The molecule has 4 rings (SSSR count). The molecule has 0 aromatic carbocycles. The van der Waals surface area contributed by atoms with Crippen molar-refractivity contribution in [3.05, 3.63) is 11.6 Å². The Hall–Kier alpha value is -2.16. The van der Waals surface area contributed by atoms with Crippen molar-refractivity contribution in [1.29, 1.82) is 0 Å². The van der Waals surface area contributed by atoms with Gasteiger partial charge in [-0.25, -0.2) is 4.79 Å². The second-order valence-electron chi connectivity index (χ2n) is 8.12. The number of hydrogen-bond donors (Lipinski definition) is 3. The van der Waals surface area contributed by atoms with E-state index < -0.39 is 0 Å². The monoisotopic (exact) mass is 389 g/mol. The fourth-order valence-electron chi connectivity index (χ4n) is 4.55. The fourth-order valence-corrected chi connectivity index (χ4v) is 4.55. The minimum absolute atomic E-state index is 0.00952. The molecule has 0 radical (unpaired) electrons. The lowest BCUT2D eigenvalue weighted by molar-refractivity contribution is -0.131. The Morgan fingerprint density at radius 2 is 1.82 bits per heavy atom. The molecule has 0 spiro atoms. The van der Waals surface area contributed by atoms with Gasteiger partial charge in [-0.05, 0) is 25.7 Å². The first-order valence-corrected chi connectivity index (χ1v) is 10.7. The van der Waals surface area contributed by atoms with Crippen LogP contribution in [0.3, 0.4) is 0 Å². The van der Waals surface area contributed by atoms with E-state index in [0.717, 1.165) is 57.0 Å². The molecule has 1 saturated carbocycles. The van der Waals surface area contributed by atoms with Gasteiger partial charge in [0.15, 0.2) is 0 Å². The zero-order valence-electron chi connectivity index (χ0n) is 16.5. The maximum atomic E-state index is 12.5. The molecular weight excluding hydrogens is 358 g/mol. The van der Waals surface area contributed by atoms with Crippen molar-refractivity contribution < 1.29 is 9.59 Å². The smallest absolute Gasteiger partial charge is 0.315 e. The number of fused-ring (bicyclic) bond motifs is 1.